The Hall–Kier alpha value is -3.02. The normalized spacial score (nSPS) is 10.1. The number of anilines is 2. The summed E-state index contributed by atoms with van der Waals surface area (Å²) in [6.07, 6.45) is 1.97. The molecule has 6 nitrogen and oxygen atoms in total. The number of hydrogen-bond donors (Lipinski definition) is 3. The molecule has 2 amide bonds. The zero-order valence-corrected chi connectivity index (χ0v) is 15.9. The molecule has 27 heavy (non-hydrogen) atoms. The highest BCUT2D eigenvalue weighted by atomic mass is 16.5. The second-order valence-electron chi connectivity index (χ2n) is 6.02. The SMILES string of the molecule is CCCCNC(=O)c1cccc(NC(=O)CNc2ccccc2OCC)c1. The van der Waals surface area contributed by atoms with E-state index >= 15 is 0 Å². The van der Waals surface area contributed by atoms with E-state index in [2.05, 4.69) is 22.9 Å². The van der Waals surface area contributed by atoms with Gasteiger partial charge in [0.2, 0.25) is 5.91 Å². The van der Waals surface area contributed by atoms with E-state index in [1.807, 2.05) is 31.2 Å². The van der Waals surface area contributed by atoms with Crippen molar-refractivity contribution >= 4 is 23.2 Å². The highest BCUT2D eigenvalue weighted by Crippen LogP contribution is 2.23. The largest absolute Gasteiger partial charge is 0.492 e. The molecule has 2 aromatic rings. The highest BCUT2D eigenvalue weighted by molar-refractivity contribution is 5.98. The summed E-state index contributed by atoms with van der Waals surface area (Å²) >= 11 is 0. The smallest absolute Gasteiger partial charge is 0.251 e. The molecule has 0 aromatic heterocycles. The van der Waals surface area contributed by atoms with Crippen LogP contribution in [-0.4, -0.2) is 31.5 Å². The average molecular weight is 369 g/mol. The maximum atomic E-state index is 12.2. The predicted molar refractivity (Wildman–Crippen MR) is 108 cm³/mol. The number of rotatable bonds is 10. The maximum absolute atomic E-state index is 12.2. The van der Waals surface area contributed by atoms with Crippen molar-refractivity contribution in [2.45, 2.75) is 26.7 Å². The van der Waals surface area contributed by atoms with Gasteiger partial charge in [-0.05, 0) is 43.7 Å². The Labute approximate surface area is 160 Å². The van der Waals surface area contributed by atoms with Crippen molar-refractivity contribution in [3.8, 4) is 5.75 Å². The summed E-state index contributed by atoms with van der Waals surface area (Å²) < 4.78 is 5.53. The van der Waals surface area contributed by atoms with Gasteiger partial charge < -0.3 is 20.7 Å². The van der Waals surface area contributed by atoms with Crippen molar-refractivity contribution < 1.29 is 14.3 Å². The van der Waals surface area contributed by atoms with Crippen molar-refractivity contribution in [3.63, 3.8) is 0 Å². The van der Waals surface area contributed by atoms with Crippen molar-refractivity contribution in [2.24, 2.45) is 0 Å². The molecule has 0 aliphatic rings. The quantitative estimate of drug-likeness (QED) is 0.558. The Morgan fingerprint density at radius 1 is 1.04 bits per heavy atom. The van der Waals surface area contributed by atoms with Gasteiger partial charge in [0.1, 0.15) is 5.75 Å². The summed E-state index contributed by atoms with van der Waals surface area (Å²) in [4.78, 5) is 24.3. The van der Waals surface area contributed by atoms with Crippen LogP contribution in [0.5, 0.6) is 5.75 Å². The molecule has 0 unspecified atom stereocenters. The third-order valence-corrected chi connectivity index (χ3v) is 3.85. The number of benzene rings is 2. The molecule has 0 heterocycles. The Kier molecular flexibility index (Phi) is 8.16. The zero-order chi connectivity index (χ0) is 19.5. The van der Waals surface area contributed by atoms with Gasteiger partial charge in [0.15, 0.2) is 0 Å². The van der Waals surface area contributed by atoms with Crippen LogP contribution < -0.4 is 20.7 Å². The lowest BCUT2D eigenvalue weighted by Crippen LogP contribution is -2.25. The van der Waals surface area contributed by atoms with Gasteiger partial charge in [-0.15, -0.1) is 0 Å². The number of unbranched alkanes of at least 4 members (excludes halogenated alkanes) is 1. The van der Waals surface area contributed by atoms with Crippen LogP contribution >= 0.6 is 0 Å². The topological polar surface area (TPSA) is 79.5 Å². The maximum Gasteiger partial charge on any atom is 0.251 e. The van der Waals surface area contributed by atoms with Gasteiger partial charge in [0.05, 0.1) is 18.8 Å². The highest BCUT2D eigenvalue weighted by Gasteiger charge is 2.09. The monoisotopic (exact) mass is 369 g/mol. The molecular weight excluding hydrogens is 342 g/mol. The van der Waals surface area contributed by atoms with E-state index < -0.39 is 0 Å². The third-order valence-electron chi connectivity index (χ3n) is 3.85. The molecule has 6 heteroatoms. The van der Waals surface area contributed by atoms with E-state index in [1.54, 1.807) is 24.3 Å². The minimum atomic E-state index is -0.204. The van der Waals surface area contributed by atoms with Crippen molar-refractivity contribution in [2.75, 3.05) is 30.3 Å². The summed E-state index contributed by atoms with van der Waals surface area (Å²) in [7, 11) is 0. The molecule has 3 N–H and O–H groups in total. The fourth-order valence-corrected chi connectivity index (χ4v) is 2.49. The first-order valence-corrected chi connectivity index (χ1v) is 9.27. The molecule has 0 aliphatic carbocycles. The van der Waals surface area contributed by atoms with Crippen molar-refractivity contribution in [1.82, 2.24) is 5.32 Å². The van der Waals surface area contributed by atoms with Crippen LogP contribution in [0.15, 0.2) is 48.5 Å². The summed E-state index contributed by atoms with van der Waals surface area (Å²) in [6, 6.07) is 14.4. The van der Waals surface area contributed by atoms with Crippen LogP contribution in [0.4, 0.5) is 11.4 Å². The molecule has 0 spiro atoms. The van der Waals surface area contributed by atoms with Crippen molar-refractivity contribution in [1.29, 1.82) is 0 Å². The Bertz CT molecular complexity index is 762. The number of amides is 2. The number of carbonyl (C=O) groups excluding carboxylic acids is 2. The van der Waals surface area contributed by atoms with Gasteiger partial charge in [0.25, 0.3) is 5.91 Å². The first kappa shape index (κ1) is 20.3. The molecule has 0 saturated heterocycles. The standard InChI is InChI=1S/C21H27N3O3/c1-3-5-13-22-21(26)16-9-8-10-17(14-16)24-20(25)15-23-18-11-6-7-12-19(18)27-4-2/h6-12,14,23H,3-5,13,15H2,1-2H3,(H,22,26)(H,24,25). The number of ether oxygens (including phenoxy) is 1. The Balaban J connectivity index is 1.90. The molecule has 0 fully saturated rings. The molecule has 0 bridgehead atoms. The van der Waals surface area contributed by atoms with Crippen LogP contribution in [0.25, 0.3) is 0 Å². The van der Waals surface area contributed by atoms with Crippen LogP contribution in [0.1, 0.15) is 37.0 Å². The van der Waals surface area contributed by atoms with E-state index in [0.29, 0.717) is 30.2 Å². The van der Waals surface area contributed by atoms with E-state index in [-0.39, 0.29) is 18.4 Å². The number of para-hydroxylation sites is 2. The lowest BCUT2D eigenvalue weighted by atomic mass is 10.2. The first-order chi connectivity index (χ1) is 13.1. The van der Waals surface area contributed by atoms with Gasteiger partial charge in [-0.3, -0.25) is 9.59 Å². The van der Waals surface area contributed by atoms with Gasteiger partial charge in [-0.1, -0.05) is 31.5 Å². The fraction of sp³-hybridized carbons (Fsp3) is 0.333. The fourth-order valence-electron chi connectivity index (χ4n) is 2.49. The second-order valence-corrected chi connectivity index (χ2v) is 6.02. The van der Waals surface area contributed by atoms with Crippen LogP contribution in [0.3, 0.4) is 0 Å². The Morgan fingerprint density at radius 2 is 1.85 bits per heavy atom. The van der Waals surface area contributed by atoms with E-state index in [9.17, 15) is 9.59 Å². The zero-order valence-electron chi connectivity index (χ0n) is 15.9. The summed E-state index contributed by atoms with van der Waals surface area (Å²) in [6.45, 7) is 5.28. The molecule has 2 rings (SSSR count). The van der Waals surface area contributed by atoms with Crippen LogP contribution in [0.2, 0.25) is 0 Å². The van der Waals surface area contributed by atoms with Gasteiger partial charge in [-0.25, -0.2) is 0 Å². The number of carbonyl (C=O) groups is 2. The number of nitrogens with one attached hydrogen (secondary N) is 3. The van der Waals surface area contributed by atoms with Gasteiger partial charge in [0, 0.05) is 17.8 Å². The summed E-state index contributed by atoms with van der Waals surface area (Å²) in [5.41, 5.74) is 1.88. The van der Waals surface area contributed by atoms with E-state index in [1.165, 1.54) is 0 Å². The van der Waals surface area contributed by atoms with Crippen LogP contribution in [-0.2, 0) is 4.79 Å². The Morgan fingerprint density at radius 3 is 2.63 bits per heavy atom. The first-order valence-electron chi connectivity index (χ1n) is 9.27. The summed E-state index contributed by atoms with van der Waals surface area (Å²) in [5.74, 6) is 0.367. The third kappa shape index (κ3) is 6.66. The summed E-state index contributed by atoms with van der Waals surface area (Å²) in [5, 5.41) is 8.74. The minimum absolute atomic E-state index is 0.0943. The van der Waals surface area contributed by atoms with Crippen molar-refractivity contribution in [3.05, 3.63) is 54.1 Å². The molecule has 0 atom stereocenters. The van der Waals surface area contributed by atoms with Gasteiger partial charge >= 0.3 is 0 Å². The molecule has 0 aliphatic heterocycles. The molecule has 144 valence electrons. The molecule has 2 aromatic carbocycles. The average Bonchev–Trinajstić information content (AvgIpc) is 2.68. The number of hydrogen-bond acceptors (Lipinski definition) is 4. The lowest BCUT2D eigenvalue weighted by Gasteiger charge is -2.12. The molecule has 0 radical (unpaired) electrons. The van der Waals surface area contributed by atoms with Crippen LogP contribution in [0, 0.1) is 0 Å². The predicted octanol–water partition coefficient (Wildman–Crippen LogP) is 3.67. The molecule has 0 saturated carbocycles. The minimum Gasteiger partial charge on any atom is -0.492 e. The molecular formula is C21H27N3O3. The van der Waals surface area contributed by atoms with E-state index in [4.69, 9.17) is 4.74 Å². The van der Waals surface area contributed by atoms with Gasteiger partial charge in [-0.2, -0.15) is 0 Å². The lowest BCUT2D eigenvalue weighted by molar-refractivity contribution is -0.114. The van der Waals surface area contributed by atoms with E-state index in [0.717, 1.165) is 18.5 Å². The second kappa shape index (κ2) is 10.9.